The number of nitrogens with one attached hydrogen (secondary N) is 2. The van der Waals surface area contributed by atoms with E-state index in [1.54, 1.807) is 0 Å². The third-order valence-corrected chi connectivity index (χ3v) is 4.57. The number of ether oxygens (including phenoxy) is 1. The molecule has 5 nitrogen and oxygen atoms in total. The van der Waals surface area contributed by atoms with E-state index >= 15 is 0 Å². The van der Waals surface area contributed by atoms with E-state index in [-0.39, 0.29) is 23.7 Å². The van der Waals surface area contributed by atoms with Crippen molar-refractivity contribution in [3.05, 3.63) is 12.2 Å². The molecule has 0 bridgehead atoms. The van der Waals surface area contributed by atoms with Crippen LogP contribution in [0.3, 0.4) is 0 Å². The quantitative estimate of drug-likeness (QED) is 0.351. The fourth-order valence-corrected chi connectivity index (χ4v) is 2.28. The van der Waals surface area contributed by atoms with Crippen LogP contribution in [-0.2, 0) is 14.3 Å². The first-order chi connectivity index (χ1) is 12.4. The SMILES string of the molecule is CCCC.CC[C@H](C)CNC/C=C/C(C(=O)N[C@H]1CCOC1=O)C(C)C. The van der Waals surface area contributed by atoms with Crippen LogP contribution in [0.15, 0.2) is 12.2 Å². The lowest BCUT2D eigenvalue weighted by atomic mass is 9.94. The Morgan fingerprint density at radius 2 is 1.88 bits per heavy atom. The fourth-order valence-electron chi connectivity index (χ4n) is 2.28. The number of esters is 1. The number of rotatable bonds is 10. The van der Waals surface area contributed by atoms with Crippen LogP contribution in [0, 0.1) is 17.8 Å². The van der Waals surface area contributed by atoms with Gasteiger partial charge in [-0.2, -0.15) is 0 Å². The maximum atomic E-state index is 12.3. The van der Waals surface area contributed by atoms with Gasteiger partial charge in [-0.1, -0.05) is 73.0 Å². The highest BCUT2D eigenvalue weighted by Crippen LogP contribution is 2.15. The fraction of sp³-hybridized carbons (Fsp3) is 0.810. The molecule has 0 aromatic carbocycles. The van der Waals surface area contributed by atoms with Crippen LogP contribution in [0.5, 0.6) is 0 Å². The predicted molar refractivity (Wildman–Crippen MR) is 108 cm³/mol. The van der Waals surface area contributed by atoms with Gasteiger partial charge in [-0.25, -0.2) is 4.79 Å². The van der Waals surface area contributed by atoms with Gasteiger partial charge in [0.25, 0.3) is 0 Å². The molecule has 1 amide bonds. The lowest BCUT2D eigenvalue weighted by Crippen LogP contribution is -2.42. The average molecular weight is 369 g/mol. The second-order valence-electron chi connectivity index (χ2n) is 7.39. The Hall–Kier alpha value is -1.36. The van der Waals surface area contributed by atoms with Gasteiger partial charge in [0.15, 0.2) is 0 Å². The van der Waals surface area contributed by atoms with Gasteiger partial charge in [-0.05, 0) is 18.4 Å². The summed E-state index contributed by atoms with van der Waals surface area (Å²) in [5, 5.41) is 6.15. The Morgan fingerprint density at radius 3 is 2.35 bits per heavy atom. The number of unbranched alkanes of at least 4 members (excludes halogenated alkanes) is 1. The van der Waals surface area contributed by atoms with Gasteiger partial charge in [0.05, 0.1) is 12.5 Å². The molecule has 1 aliphatic rings. The second kappa shape index (κ2) is 14.8. The Morgan fingerprint density at radius 1 is 1.23 bits per heavy atom. The molecule has 0 saturated carbocycles. The first-order valence-corrected chi connectivity index (χ1v) is 10.2. The third-order valence-electron chi connectivity index (χ3n) is 4.57. The van der Waals surface area contributed by atoms with Crippen molar-refractivity contribution in [1.29, 1.82) is 0 Å². The van der Waals surface area contributed by atoms with Crippen LogP contribution in [-0.4, -0.2) is 37.6 Å². The van der Waals surface area contributed by atoms with Crippen molar-refractivity contribution in [2.24, 2.45) is 17.8 Å². The summed E-state index contributed by atoms with van der Waals surface area (Å²) >= 11 is 0. The van der Waals surface area contributed by atoms with Gasteiger partial charge >= 0.3 is 5.97 Å². The van der Waals surface area contributed by atoms with E-state index in [1.807, 2.05) is 26.0 Å². The van der Waals surface area contributed by atoms with Gasteiger partial charge < -0.3 is 15.4 Å². The summed E-state index contributed by atoms with van der Waals surface area (Å²) in [6.45, 7) is 14.9. The monoisotopic (exact) mass is 368 g/mol. The standard InChI is InChI=1S/C17H30N2O3.C4H10/c1-5-13(4)11-18-9-6-7-14(12(2)3)16(20)19-15-8-10-22-17(15)21;1-3-4-2/h6-7,12-15,18H,5,8-11H2,1-4H3,(H,19,20);3-4H2,1-2H3/b7-6+;/t13-,14?,15-;/m0./s1. The molecule has 0 aliphatic carbocycles. The summed E-state index contributed by atoms with van der Waals surface area (Å²) in [5.41, 5.74) is 0. The Kier molecular flexibility index (Phi) is 14.0. The van der Waals surface area contributed by atoms with Gasteiger partial charge in [-0.3, -0.25) is 4.79 Å². The molecule has 26 heavy (non-hydrogen) atoms. The highest BCUT2D eigenvalue weighted by molar-refractivity contribution is 5.87. The smallest absolute Gasteiger partial charge is 0.328 e. The molecule has 3 atom stereocenters. The van der Waals surface area contributed by atoms with Crippen molar-refractivity contribution in [3.8, 4) is 0 Å². The van der Waals surface area contributed by atoms with Gasteiger partial charge in [-0.15, -0.1) is 0 Å². The highest BCUT2D eigenvalue weighted by Gasteiger charge is 2.30. The van der Waals surface area contributed by atoms with Gasteiger partial charge in [0.2, 0.25) is 5.91 Å². The summed E-state index contributed by atoms with van der Waals surface area (Å²) in [6.07, 6.45) is 8.30. The van der Waals surface area contributed by atoms with Gasteiger partial charge in [0, 0.05) is 13.0 Å². The van der Waals surface area contributed by atoms with E-state index in [1.165, 1.54) is 12.8 Å². The molecule has 152 valence electrons. The average Bonchev–Trinajstić information content (AvgIpc) is 3.02. The molecule has 1 fully saturated rings. The minimum absolute atomic E-state index is 0.1000. The topological polar surface area (TPSA) is 67.4 Å². The molecule has 2 N–H and O–H groups in total. The predicted octanol–water partition coefficient (Wildman–Crippen LogP) is 3.69. The van der Waals surface area contributed by atoms with Crippen molar-refractivity contribution in [2.45, 2.75) is 73.3 Å². The summed E-state index contributed by atoms with van der Waals surface area (Å²) in [6, 6.07) is -0.481. The van der Waals surface area contributed by atoms with Crippen LogP contribution in [0.4, 0.5) is 0 Å². The van der Waals surface area contributed by atoms with E-state index < -0.39 is 6.04 Å². The van der Waals surface area contributed by atoms with Crippen molar-refractivity contribution >= 4 is 11.9 Å². The Labute approximate surface area is 160 Å². The Balaban J connectivity index is 0.00000141. The summed E-state index contributed by atoms with van der Waals surface area (Å²) in [5.74, 6) is 0.195. The van der Waals surface area contributed by atoms with Gasteiger partial charge in [0.1, 0.15) is 6.04 Å². The molecule has 5 heteroatoms. The molecule has 0 aromatic rings. The van der Waals surface area contributed by atoms with E-state index in [0.717, 1.165) is 19.5 Å². The minimum atomic E-state index is -0.481. The van der Waals surface area contributed by atoms with E-state index in [0.29, 0.717) is 18.9 Å². The van der Waals surface area contributed by atoms with Crippen molar-refractivity contribution in [2.75, 3.05) is 19.7 Å². The van der Waals surface area contributed by atoms with Crippen LogP contribution in [0.2, 0.25) is 0 Å². The normalized spacial score (nSPS) is 19.0. The zero-order chi connectivity index (χ0) is 19.9. The zero-order valence-electron chi connectivity index (χ0n) is 17.6. The lowest BCUT2D eigenvalue weighted by Gasteiger charge is -2.18. The molecule has 0 radical (unpaired) electrons. The van der Waals surface area contributed by atoms with Crippen LogP contribution in [0.1, 0.15) is 67.2 Å². The molecule has 1 heterocycles. The molecule has 1 unspecified atom stereocenters. The molecule has 1 aliphatic heterocycles. The van der Waals surface area contributed by atoms with E-state index in [2.05, 4.69) is 38.3 Å². The second-order valence-corrected chi connectivity index (χ2v) is 7.39. The number of carbonyl (C=O) groups is 2. The first-order valence-electron chi connectivity index (χ1n) is 10.2. The van der Waals surface area contributed by atoms with Crippen molar-refractivity contribution in [1.82, 2.24) is 10.6 Å². The molecule has 0 aromatic heterocycles. The largest absolute Gasteiger partial charge is 0.464 e. The highest BCUT2D eigenvalue weighted by atomic mass is 16.5. The third kappa shape index (κ3) is 10.6. The molecule has 1 rings (SSSR count). The molecular weight excluding hydrogens is 328 g/mol. The maximum absolute atomic E-state index is 12.3. The number of carbonyl (C=O) groups excluding carboxylic acids is 2. The molecule has 0 spiro atoms. The van der Waals surface area contributed by atoms with E-state index in [4.69, 9.17) is 4.74 Å². The van der Waals surface area contributed by atoms with Crippen molar-refractivity contribution < 1.29 is 14.3 Å². The molecular formula is C21H40N2O3. The number of cyclic esters (lactones) is 1. The minimum Gasteiger partial charge on any atom is -0.464 e. The molecule has 1 saturated heterocycles. The lowest BCUT2D eigenvalue weighted by molar-refractivity contribution is -0.141. The first kappa shape index (κ1) is 24.6. The maximum Gasteiger partial charge on any atom is 0.328 e. The van der Waals surface area contributed by atoms with Crippen molar-refractivity contribution in [3.63, 3.8) is 0 Å². The van der Waals surface area contributed by atoms with E-state index in [9.17, 15) is 9.59 Å². The summed E-state index contributed by atoms with van der Waals surface area (Å²) in [7, 11) is 0. The number of hydrogen-bond donors (Lipinski definition) is 2. The summed E-state index contributed by atoms with van der Waals surface area (Å²) in [4.78, 5) is 23.7. The zero-order valence-corrected chi connectivity index (χ0v) is 17.6. The number of hydrogen-bond acceptors (Lipinski definition) is 4. The summed E-state index contributed by atoms with van der Waals surface area (Å²) < 4.78 is 4.87. The Bertz CT molecular complexity index is 419. The number of amides is 1. The van der Waals surface area contributed by atoms with Crippen LogP contribution in [0.25, 0.3) is 0 Å². The van der Waals surface area contributed by atoms with Crippen LogP contribution < -0.4 is 10.6 Å². The van der Waals surface area contributed by atoms with Crippen LogP contribution >= 0.6 is 0 Å².